The van der Waals surface area contributed by atoms with Crippen molar-refractivity contribution in [3.05, 3.63) is 27.0 Å². The van der Waals surface area contributed by atoms with E-state index < -0.39 is 41.6 Å². The van der Waals surface area contributed by atoms with Crippen LogP contribution < -0.4 is 11.2 Å². The van der Waals surface area contributed by atoms with Crippen molar-refractivity contribution in [1.29, 1.82) is 0 Å². The molecule has 0 saturated carbocycles. The Balaban J connectivity index is 1.25. The highest BCUT2D eigenvalue weighted by Gasteiger charge is 2.56. The Labute approximate surface area is 232 Å². The molecule has 39 heavy (non-hydrogen) atoms. The fourth-order valence-corrected chi connectivity index (χ4v) is 5.42. The molecule has 1 aromatic rings. The number of aromatic amines is 1. The van der Waals surface area contributed by atoms with Gasteiger partial charge in [0.25, 0.3) is 5.56 Å². The highest BCUT2D eigenvalue weighted by Crippen LogP contribution is 2.42. The molecule has 10 nitrogen and oxygen atoms in total. The molecule has 1 aromatic heterocycles. The van der Waals surface area contributed by atoms with Crippen LogP contribution in [0, 0.1) is 0 Å². The molecule has 2 fully saturated rings. The molecule has 0 unspecified atom stereocenters. The maximum absolute atomic E-state index is 12.3. The van der Waals surface area contributed by atoms with Gasteiger partial charge in [-0.1, -0.05) is 96.8 Å². The molecule has 0 aromatic carbocycles. The zero-order valence-corrected chi connectivity index (χ0v) is 24.2. The molecule has 2 aliphatic rings. The second-order valence-corrected chi connectivity index (χ2v) is 11.4. The Kier molecular flexibility index (Phi) is 13.1. The molecule has 0 bridgehead atoms. The minimum Gasteiger partial charge on any atom is -0.463 e. The number of nitrogens with zero attached hydrogens (tertiary/aromatic N) is 2. The number of H-pyrrole nitrogens is 1. The Morgan fingerprint density at radius 2 is 1.44 bits per heavy atom. The van der Waals surface area contributed by atoms with Crippen molar-refractivity contribution in [2.75, 3.05) is 6.61 Å². The lowest BCUT2D eigenvalue weighted by atomic mass is 10.0. The lowest BCUT2D eigenvalue weighted by Crippen LogP contribution is -2.39. The second kappa shape index (κ2) is 16.3. The Morgan fingerprint density at radius 1 is 0.897 bits per heavy atom. The number of carbonyl (C=O) groups is 1. The molecule has 3 rings (SSSR count). The van der Waals surface area contributed by atoms with Crippen LogP contribution in [0.3, 0.4) is 0 Å². The van der Waals surface area contributed by atoms with Crippen LogP contribution in [0.5, 0.6) is 0 Å². The Bertz CT molecular complexity index is 976. The minimum absolute atomic E-state index is 0.00716. The molecule has 2 aliphatic heterocycles. The molecule has 0 aliphatic carbocycles. The van der Waals surface area contributed by atoms with Gasteiger partial charge in [-0.15, -0.1) is 0 Å². The molecular formula is C29H49N3O7. The average Bonchev–Trinajstić information content (AvgIpc) is 3.38. The van der Waals surface area contributed by atoms with Crippen LogP contribution >= 0.6 is 0 Å². The summed E-state index contributed by atoms with van der Waals surface area (Å²) in [5, 5.41) is 3.89. The molecule has 0 radical (unpaired) electrons. The quantitative estimate of drug-likeness (QED) is 0.185. The number of unbranched alkanes of at least 4 members (excludes halogenated alkanes) is 14. The SMILES string of the molecule is CCCCCCCCCCCCCCCCCC(=O)OC[C@H]1O[C@@H](n2ncc(=O)[nH]c2=O)[C@@H]2OC(C)(C)O[C@@H]21. The van der Waals surface area contributed by atoms with Crippen molar-refractivity contribution in [3.63, 3.8) is 0 Å². The van der Waals surface area contributed by atoms with Gasteiger partial charge < -0.3 is 18.9 Å². The van der Waals surface area contributed by atoms with Crippen molar-refractivity contribution < 1.29 is 23.7 Å². The van der Waals surface area contributed by atoms with Crippen LogP contribution in [-0.4, -0.2) is 51.4 Å². The molecule has 0 spiro atoms. The fourth-order valence-electron chi connectivity index (χ4n) is 5.42. The standard InChI is InChI=1S/C29H49N3O7/c1-4-5-6-7-8-9-10-11-12-13-14-15-16-17-18-19-24(34)36-21-22-25-26(39-29(2,3)38-25)27(37-22)32-28(35)31-23(33)20-30-32/h20,22,25-27H,4-19,21H2,1-3H3,(H,31,33,35)/t22-,25-,26-,27-/m1/s1. The number of esters is 1. The van der Waals surface area contributed by atoms with E-state index in [0.717, 1.165) is 30.1 Å². The highest BCUT2D eigenvalue weighted by atomic mass is 16.8. The summed E-state index contributed by atoms with van der Waals surface area (Å²) in [6.07, 6.45) is 17.8. The van der Waals surface area contributed by atoms with Gasteiger partial charge in [-0.05, 0) is 20.3 Å². The number of hydrogen-bond donors (Lipinski definition) is 1. The van der Waals surface area contributed by atoms with Gasteiger partial charge in [-0.2, -0.15) is 9.78 Å². The van der Waals surface area contributed by atoms with Gasteiger partial charge in [0.05, 0.1) is 0 Å². The first-order valence-corrected chi connectivity index (χ1v) is 15.2. The molecular weight excluding hydrogens is 502 g/mol. The summed E-state index contributed by atoms with van der Waals surface area (Å²) in [5.41, 5.74) is -1.30. The van der Waals surface area contributed by atoms with Gasteiger partial charge in [0.1, 0.15) is 31.1 Å². The topological polar surface area (TPSA) is 122 Å². The van der Waals surface area contributed by atoms with E-state index in [-0.39, 0.29) is 12.6 Å². The summed E-state index contributed by atoms with van der Waals surface area (Å²) in [5.74, 6) is -1.16. The molecule has 222 valence electrons. The summed E-state index contributed by atoms with van der Waals surface area (Å²) in [4.78, 5) is 38.2. The van der Waals surface area contributed by atoms with E-state index in [1.807, 2.05) is 0 Å². The summed E-state index contributed by atoms with van der Waals surface area (Å²) >= 11 is 0. The maximum Gasteiger partial charge on any atom is 0.347 e. The molecule has 1 N–H and O–H groups in total. The first-order chi connectivity index (χ1) is 18.8. The lowest BCUT2D eigenvalue weighted by molar-refractivity contribution is -0.204. The van der Waals surface area contributed by atoms with Crippen LogP contribution in [0.1, 0.15) is 130 Å². The number of carbonyl (C=O) groups excluding carboxylic acids is 1. The zero-order chi connectivity index (χ0) is 28.1. The van der Waals surface area contributed by atoms with Gasteiger partial charge in [0.15, 0.2) is 12.0 Å². The van der Waals surface area contributed by atoms with Crippen molar-refractivity contribution in [2.45, 2.75) is 154 Å². The number of nitrogens with one attached hydrogen (secondary N) is 1. The van der Waals surface area contributed by atoms with E-state index in [1.54, 1.807) is 13.8 Å². The Morgan fingerprint density at radius 3 is 2.00 bits per heavy atom. The molecule has 10 heteroatoms. The molecule has 0 amide bonds. The average molecular weight is 552 g/mol. The summed E-state index contributed by atoms with van der Waals surface area (Å²) < 4.78 is 24.4. The summed E-state index contributed by atoms with van der Waals surface area (Å²) in [6.45, 7) is 5.79. The second-order valence-electron chi connectivity index (χ2n) is 11.4. The monoisotopic (exact) mass is 551 g/mol. The van der Waals surface area contributed by atoms with Crippen LogP contribution in [-0.2, 0) is 23.7 Å². The van der Waals surface area contributed by atoms with Crippen molar-refractivity contribution in [3.8, 4) is 0 Å². The van der Waals surface area contributed by atoms with Crippen molar-refractivity contribution in [2.24, 2.45) is 0 Å². The fraction of sp³-hybridized carbons (Fsp3) is 0.862. The number of aromatic nitrogens is 3. The third-order valence-corrected chi connectivity index (χ3v) is 7.50. The number of hydrogen-bond acceptors (Lipinski definition) is 8. The van der Waals surface area contributed by atoms with Gasteiger partial charge in [-0.25, -0.2) is 4.79 Å². The molecule has 3 heterocycles. The van der Waals surface area contributed by atoms with Crippen molar-refractivity contribution >= 4 is 5.97 Å². The van der Waals surface area contributed by atoms with Crippen LogP contribution in [0.4, 0.5) is 0 Å². The highest BCUT2D eigenvalue weighted by molar-refractivity contribution is 5.69. The zero-order valence-electron chi connectivity index (χ0n) is 24.2. The smallest absolute Gasteiger partial charge is 0.347 e. The van der Waals surface area contributed by atoms with Crippen LogP contribution in [0.2, 0.25) is 0 Å². The summed E-state index contributed by atoms with van der Waals surface area (Å²) in [7, 11) is 0. The predicted octanol–water partition coefficient (Wildman–Crippen LogP) is 5.15. The van der Waals surface area contributed by atoms with E-state index >= 15 is 0 Å². The van der Waals surface area contributed by atoms with Gasteiger partial charge in [0, 0.05) is 6.42 Å². The Hall–Kier alpha value is -2.04. The predicted molar refractivity (Wildman–Crippen MR) is 147 cm³/mol. The third kappa shape index (κ3) is 10.5. The van der Waals surface area contributed by atoms with E-state index in [2.05, 4.69) is 17.0 Å². The van der Waals surface area contributed by atoms with Crippen LogP contribution in [0.25, 0.3) is 0 Å². The largest absolute Gasteiger partial charge is 0.463 e. The van der Waals surface area contributed by atoms with E-state index in [9.17, 15) is 14.4 Å². The number of fused-ring (bicyclic) bond motifs is 1. The minimum atomic E-state index is -0.902. The number of rotatable bonds is 19. The summed E-state index contributed by atoms with van der Waals surface area (Å²) in [6, 6.07) is 0. The molecule has 2 saturated heterocycles. The van der Waals surface area contributed by atoms with Crippen molar-refractivity contribution in [1.82, 2.24) is 14.8 Å². The lowest BCUT2D eigenvalue weighted by Gasteiger charge is -2.24. The van der Waals surface area contributed by atoms with E-state index in [4.69, 9.17) is 18.9 Å². The van der Waals surface area contributed by atoms with Gasteiger partial charge >= 0.3 is 11.7 Å². The first kappa shape index (κ1) is 31.5. The van der Waals surface area contributed by atoms with Crippen LogP contribution in [0.15, 0.2) is 15.8 Å². The van der Waals surface area contributed by atoms with E-state index in [1.165, 1.54) is 77.0 Å². The normalized spacial score (nSPS) is 23.7. The van der Waals surface area contributed by atoms with Gasteiger partial charge in [-0.3, -0.25) is 14.6 Å². The number of ether oxygens (including phenoxy) is 4. The van der Waals surface area contributed by atoms with Gasteiger partial charge in [0.2, 0.25) is 0 Å². The molecule has 4 atom stereocenters. The maximum atomic E-state index is 12.3. The third-order valence-electron chi connectivity index (χ3n) is 7.50. The first-order valence-electron chi connectivity index (χ1n) is 15.2. The van der Waals surface area contributed by atoms with E-state index in [0.29, 0.717) is 6.42 Å².